The van der Waals surface area contributed by atoms with Gasteiger partial charge in [0.25, 0.3) is 0 Å². The van der Waals surface area contributed by atoms with Crippen LogP contribution in [0.4, 0.5) is 0 Å². The molecule has 6 heteroatoms. The molecule has 146 valence electrons. The Hall–Kier alpha value is -2.79. The molecule has 4 nitrogen and oxygen atoms in total. The second-order valence-corrected chi connectivity index (χ2v) is 7.59. The van der Waals surface area contributed by atoms with Crippen molar-refractivity contribution in [1.29, 1.82) is 10.5 Å². The van der Waals surface area contributed by atoms with Crippen LogP contribution in [-0.4, -0.2) is 12.6 Å². The number of rotatable bonds is 4. The molecule has 0 amide bonds. The number of halogens is 2. The topological polar surface area (TPSA) is 73.9 Å². The normalized spacial score (nSPS) is 20.1. The maximum atomic E-state index is 12.8. The summed E-state index contributed by atoms with van der Waals surface area (Å²) in [6.07, 6.45) is 1.80. The molecule has 0 aromatic heterocycles. The average Bonchev–Trinajstić information content (AvgIpc) is 2.75. The predicted molar refractivity (Wildman–Crippen MR) is 112 cm³/mol. The molecule has 0 fully saturated rings. The first-order valence-electron chi connectivity index (χ1n) is 9.18. The number of allylic oxidation sites excluding steroid dienone is 2. The Morgan fingerprint density at radius 1 is 1.14 bits per heavy atom. The van der Waals surface area contributed by atoms with Crippen molar-refractivity contribution in [2.24, 2.45) is 11.3 Å². The second kappa shape index (κ2) is 8.70. The maximum Gasteiger partial charge on any atom is 0.309 e. The first-order chi connectivity index (χ1) is 14.0. The summed E-state index contributed by atoms with van der Waals surface area (Å²) in [5, 5.41) is 20.6. The van der Waals surface area contributed by atoms with Crippen molar-refractivity contribution in [3.05, 3.63) is 75.8 Å². The van der Waals surface area contributed by atoms with Crippen LogP contribution in [0.25, 0.3) is 5.57 Å². The van der Waals surface area contributed by atoms with E-state index >= 15 is 0 Å². The van der Waals surface area contributed by atoms with Gasteiger partial charge in [-0.25, -0.2) is 0 Å². The van der Waals surface area contributed by atoms with Crippen LogP contribution in [0, 0.1) is 34.0 Å². The van der Waals surface area contributed by atoms with Gasteiger partial charge in [-0.2, -0.15) is 10.5 Å². The molecule has 2 atom stereocenters. The minimum Gasteiger partial charge on any atom is -0.466 e. The molecule has 2 aromatic rings. The van der Waals surface area contributed by atoms with Gasteiger partial charge in [0.1, 0.15) is 0 Å². The number of nitriles is 2. The van der Waals surface area contributed by atoms with Gasteiger partial charge in [0.05, 0.1) is 34.7 Å². The van der Waals surface area contributed by atoms with Gasteiger partial charge < -0.3 is 4.74 Å². The fraction of sp³-hybridized carbons (Fsp3) is 0.261. The van der Waals surface area contributed by atoms with Gasteiger partial charge in [-0.15, -0.1) is 0 Å². The zero-order chi connectivity index (χ0) is 21.0. The van der Waals surface area contributed by atoms with Crippen LogP contribution in [0.5, 0.6) is 0 Å². The van der Waals surface area contributed by atoms with Crippen molar-refractivity contribution in [3.63, 3.8) is 0 Å². The lowest BCUT2D eigenvalue weighted by Crippen LogP contribution is -2.35. The molecule has 0 aliphatic heterocycles. The van der Waals surface area contributed by atoms with Crippen LogP contribution in [0.15, 0.2) is 54.6 Å². The Morgan fingerprint density at radius 3 is 2.45 bits per heavy atom. The first-order valence-corrected chi connectivity index (χ1v) is 9.93. The van der Waals surface area contributed by atoms with Gasteiger partial charge >= 0.3 is 5.97 Å². The molecule has 0 spiro atoms. The molecule has 0 radical (unpaired) electrons. The van der Waals surface area contributed by atoms with Crippen molar-refractivity contribution in [1.82, 2.24) is 0 Å². The predicted octanol–water partition coefficient (Wildman–Crippen LogP) is 5.78. The molecule has 0 saturated heterocycles. The molecule has 29 heavy (non-hydrogen) atoms. The Balaban J connectivity index is 2.26. The van der Waals surface area contributed by atoms with Gasteiger partial charge in [0, 0.05) is 5.92 Å². The summed E-state index contributed by atoms with van der Waals surface area (Å²) in [6, 6.07) is 18.8. The zero-order valence-corrected chi connectivity index (χ0v) is 17.2. The molecule has 2 aromatic carbocycles. The minimum absolute atomic E-state index is 0.00701. The second-order valence-electron chi connectivity index (χ2n) is 6.81. The van der Waals surface area contributed by atoms with E-state index in [1.54, 1.807) is 31.2 Å². The summed E-state index contributed by atoms with van der Waals surface area (Å²) in [5.41, 5.74) is 0.501. The number of carbonyl (C=O) groups excluding carboxylic acids is 1. The SMILES string of the molecule is CCOC(=O)C1CC(C#N)(C#N)C(c2ccccc2)=CC1c1cccc(Cl)c1Cl. The number of esters is 1. The lowest BCUT2D eigenvalue weighted by Gasteiger charge is -2.36. The van der Waals surface area contributed by atoms with Crippen molar-refractivity contribution in [3.8, 4) is 12.1 Å². The molecular weight excluding hydrogens is 407 g/mol. The molecule has 0 bridgehead atoms. The van der Waals surface area contributed by atoms with E-state index in [1.807, 2.05) is 30.3 Å². The number of hydrogen-bond donors (Lipinski definition) is 0. The molecule has 1 aliphatic rings. The van der Waals surface area contributed by atoms with E-state index in [0.29, 0.717) is 21.2 Å². The third-order valence-corrected chi connectivity index (χ3v) is 6.00. The lowest BCUT2D eigenvalue weighted by atomic mass is 9.63. The molecule has 0 heterocycles. The number of benzene rings is 2. The maximum absolute atomic E-state index is 12.8. The van der Waals surface area contributed by atoms with E-state index in [0.717, 1.165) is 5.56 Å². The number of carbonyl (C=O) groups is 1. The van der Waals surface area contributed by atoms with Crippen molar-refractivity contribution in [2.45, 2.75) is 19.3 Å². The highest BCUT2D eigenvalue weighted by Gasteiger charge is 2.48. The highest BCUT2D eigenvalue weighted by atomic mass is 35.5. The highest BCUT2D eigenvalue weighted by molar-refractivity contribution is 6.42. The van der Waals surface area contributed by atoms with Crippen molar-refractivity contribution in [2.75, 3.05) is 6.61 Å². The smallest absolute Gasteiger partial charge is 0.309 e. The average molecular weight is 425 g/mol. The number of ether oxygens (including phenoxy) is 1. The largest absolute Gasteiger partial charge is 0.466 e. The van der Waals surface area contributed by atoms with Gasteiger partial charge in [-0.05, 0) is 36.1 Å². The van der Waals surface area contributed by atoms with Crippen LogP contribution in [0.3, 0.4) is 0 Å². The molecule has 0 saturated carbocycles. The fourth-order valence-corrected chi connectivity index (χ4v) is 4.20. The monoisotopic (exact) mass is 424 g/mol. The summed E-state index contributed by atoms with van der Waals surface area (Å²) in [7, 11) is 0. The summed E-state index contributed by atoms with van der Waals surface area (Å²) >= 11 is 12.7. The third kappa shape index (κ3) is 3.87. The van der Waals surface area contributed by atoms with Crippen molar-refractivity contribution < 1.29 is 9.53 Å². The summed E-state index contributed by atoms with van der Waals surface area (Å²) < 4.78 is 5.26. The van der Waals surface area contributed by atoms with E-state index in [1.165, 1.54) is 0 Å². The summed E-state index contributed by atoms with van der Waals surface area (Å²) in [4.78, 5) is 12.8. The van der Waals surface area contributed by atoms with Crippen LogP contribution in [-0.2, 0) is 9.53 Å². The standard InChI is InChI=1S/C23H18Cl2N2O2/c1-2-29-22(28)18-12-23(13-26,14-27)19(15-7-4-3-5-8-15)11-17(18)16-9-6-10-20(24)21(16)25/h3-11,17-18H,2,12H2,1H3. The Labute approximate surface area is 179 Å². The van der Waals surface area contributed by atoms with Crippen molar-refractivity contribution >= 4 is 34.7 Å². The van der Waals surface area contributed by atoms with Crippen LogP contribution >= 0.6 is 23.2 Å². The third-order valence-electron chi connectivity index (χ3n) is 5.16. The molecule has 2 unspecified atom stereocenters. The Kier molecular flexibility index (Phi) is 6.28. The lowest BCUT2D eigenvalue weighted by molar-refractivity contribution is -0.149. The molecular formula is C23H18Cl2N2O2. The Bertz CT molecular complexity index is 1020. The fourth-order valence-electron chi connectivity index (χ4n) is 3.77. The van der Waals surface area contributed by atoms with E-state index in [9.17, 15) is 15.3 Å². The van der Waals surface area contributed by atoms with E-state index in [4.69, 9.17) is 27.9 Å². The molecule has 1 aliphatic carbocycles. The van der Waals surface area contributed by atoms with Crippen LogP contribution < -0.4 is 0 Å². The Morgan fingerprint density at radius 2 is 1.83 bits per heavy atom. The van der Waals surface area contributed by atoms with Gasteiger partial charge in [0.15, 0.2) is 5.41 Å². The van der Waals surface area contributed by atoms with E-state index in [-0.39, 0.29) is 13.0 Å². The zero-order valence-electron chi connectivity index (χ0n) is 15.7. The van der Waals surface area contributed by atoms with Crippen LogP contribution in [0.2, 0.25) is 10.0 Å². The van der Waals surface area contributed by atoms with E-state index < -0.39 is 23.2 Å². The quantitative estimate of drug-likeness (QED) is 0.583. The highest BCUT2D eigenvalue weighted by Crippen LogP contribution is 2.51. The van der Waals surface area contributed by atoms with Crippen LogP contribution in [0.1, 0.15) is 30.4 Å². The number of nitrogens with zero attached hydrogens (tertiary/aromatic N) is 2. The molecule has 0 N–H and O–H groups in total. The minimum atomic E-state index is -1.47. The van der Waals surface area contributed by atoms with E-state index in [2.05, 4.69) is 12.1 Å². The van der Waals surface area contributed by atoms with Gasteiger partial charge in [-0.3, -0.25) is 4.79 Å². The summed E-state index contributed by atoms with van der Waals surface area (Å²) in [5.74, 6) is -1.69. The molecule has 3 rings (SSSR count). The first kappa shape index (κ1) is 20.9. The number of hydrogen-bond acceptors (Lipinski definition) is 4. The summed E-state index contributed by atoms with van der Waals surface area (Å²) in [6.45, 7) is 1.92. The van der Waals surface area contributed by atoms with Gasteiger partial charge in [-0.1, -0.05) is 71.7 Å². The van der Waals surface area contributed by atoms with Gasteiger partial charge in [0.2, 0.25) is 0 Å².